The van der Waals surface area contributed by atoms with Crippen molar-refractivity contribution in [2.45, 2.75) is 25.8 Å². The van der Waals surface area contributed by atoms with Gasteiger partial charge in [-0.15, -0.1) is 0 Å². The topological polar surface area (TPSA) is 26.0 Å². The second-order valence-electron chi connectivity index (χ2n) is 2.39. The first-order valence-electron chi connectivity index (χ1n) is 3.45. The average molecular weight is 123 g/mol. The third-order valence-electron chi connectivity index (χ3n) is 1.62. The van der Waals surface area contributed by atoms with Gasteiger partial charge in [0.2, 0.25) is 0 Å². The van der Waals surface area contributed by atoms with E-state index in [2.05, 4.69) is 25.2 Å². The van der Waals surface area contributed by atoms with E-state index in [9.17, 15) is 0 Å². The van der Waals surface area contributed by atoms with Crippen LogP contribution in [0.4, 0.5) is 0 Å². The zero-order chi connectivity index (χ0) is 6.69. The second-order valence-corrected chi connectivity index (χ2v) is 2.39. The zero-order valence-electron chi connectivity index (χ0n) is 5.80. The summed E-state index contributed by atoms with van der Waals surface area (Å²) in [4.78, 5) is 0. The summed E-state index contributed by atoms with van der Waals surface area (Å²) in [5, 5.41) is 0. The lowest BCUT2D eigenvalue weighted by Crippen LogP contribution is -2.17. The van der Waals surface area contributed by atoms with Gasteiger partial charge in [-0.05, 0) is 12.8 Å². The zero-order valence-corrected chi connectivity index (χ0v) is 5.80. The molecule has 0 saturated heterocycles. The molecule has 1 aliphatic carbocycles. The van der Waals surface area contributed by atoms with Gasteiger partial charge in [-0.2, -0.15) is 0 Å². The highest BCUT2D eigenvalue weighted by Crippen LogP contribution is 2.11. The van der Waals surface area contributed by atoms with Crippen LogP contribution in [-0.4, -0.2) is 6.04 Å². The highest BCUT2D eigenvalue weighted by Gasteiger charge is 2.00. The Labute approximate surface area is 56.2 Å². The molecule has 1 unspecified atom stereocenters. The van der Waals surface area contributed by atoms with Gasteiger partial charge in [0.05, 0.1) is 0 Å². The van der Waals surface area contributed by atoms with Gasteiger partial charge in [-0.1, -0.05) is 30.7 Å². The molecule has 1 nitrogen and oxygen atoms in total. The van der Waals surface area contributed by atoms with Gasteiger partial charge in [0, 0.05) is 6.04 Å². The number of nitrogens with two attached hydrogens (primary N) is 1. The Morgan fingerprint density at radius 1 is 1.78 bits per heavy atom. The Hall–Kier alpha value is -0.560. The fourth-order valence-electron chi connectivity index (χ4n) is 0.943. The molecule has 50 valence electrons. The quantitative estimate of drug-likeness (QED) is 0.563. The normalized spacial score (nSPS) is 26.0. The molecule has 0 spiro atoms. The molecule has 0 saturated carbocycles. The third-order valence-corrected chi connectivity index (χ3v) is 1.62. The molecule has 0 amide bonds. The van der Waals surface area contributed by atoms with Crippen molar-refractivity contribution in [3.63, 3.8) is 0 Å². The van der Waals surface area contributed by atoms with Gasteiger partial charge < -0.3 is 5.73 Å². The van der Waals surface area contributed by atoms with Crippen molar-refractivity contribution in [3.8, 4) is 0 Å². The van der Waals surface area contributed by atoms with E-state index in [0.717, 1.165) is 12.8 Å². The minimum absolute atomic E-state index is 0.264. The Morgan fingerprint density at radius 3 is 3.00 bits per heavy atom. The predicted molar refractivity (Wildman–Crippen MR) is 40.1 cm³/mol. The van der Waals surface area contributed by atoms with Crippen molar-refractivity contribution in [3.05, 3.63) is 23.8 Å². The molecule has 0 fully saturated rings. The molecule has 0 aromatic rings. The van der Waals surface area contributed by atoms with Gasteiger partial charge in [-0.3, -0.25) is 0 Å². The van der Waals surface area contributed by atoms with Gasteiger partial charge in [0.15, 0.2) is 0 Å². The molecule has 1 atom stereocenters. The second kappa shape index (κ2) is 2.83. The summed E-state index contributed by atoms with van der Waals surface area (Å²) in [6.45, 7) is 2.16. The lowest BCUT2D eigenvalue weighted by molar-refractivity contribution is 0.811. The molecule has 1 heteroatoms. The molecule has 0 aromatic carbocycles. The summed E-state index contributed by atoms with van der Waals surface area (Å²) in [7, 11) is 0. The molecule has 2 N–H and O–H groups in total. The SMILES string of the molecule is CCC1=CCC(N)C=C1. The van der Waals surface area contributed by atoms with Crippen LogP contribution >= 0.6 is 0 Å². The summed E-state index contributed by atoms with van der Waals surface area (Å²) in [5.74, 6) is 0. The van der Waals surface area contributed by atoms with Crippen molar-refractivity contribution in [1.82, 2.24) is 0 Å². The maximum Gasteiger partial charge on any atom is 0.0262 e. The van der Waals surface area contributed by atoms with Gasteiger partial charge in [-0.25, -0.2) is 0 Å². The number of rotatable bonds is 1. The molecule has 0 radical (unpaired) electrons. The highest BCUT2D eigenvalue weighted by molar-refractivity contribution is 5.24. The van der Waals surface area contributed by atoms with Gasteiger partial charge in [0.25, 0.3) is 0 Å². The Bertz CT molecular complexity index is 145. The van der Waals surface area contributed by atoms with E-state index < -0.39 is 0 Å². The lowest BCUT2D eigenvalue weighted by Gasteiger charge is -2.09. The van der Waals surface area contributed by atoms with Crippen molar-refractivity contribution >= 4 is 0 Å². The largest absolute Gasteiger partial charge is 0.324 e. The monoisotopic (exact) mass is 123 g/mol. The fourth-order valence-corrected chi connectivity index (χ4v) is 0.943. The summed E-state index contributed by atoms with van der Waals surface area (Å²) < 4.78 is 0. The molecule has 1 aliphatic rings. The molecule has 0 heterocycles. The molecule has 0 aromatic heterocycles. The van der Waals surface area contributed by atoms with E-state index in [1.54, 1.807) is 0 Å². The van der Waals surface area contributed by atoms with Crippen molar-refractivity contribution in [1.29, 1.82) is 0 Å². The van der Waals surface area contributed by atoms with Gasteiger partial charge >= 0.3 is 0 Å². The number of allylic oxidation sites excluding steroid dienone is 2. The summed E-state index contributed by atoms with van der Waals surface area (Å²) in [5.41, 5.74) is 7.03. The van der Waals surface area contributed by atoms with Crippen molar-refractivity contribution in [2.24, 2.45) is 5.73 Å². The Balaban J connectivity index is 2.52. The van der Waals surface area contributed by atoms with Gasteiger partial charge in [0.1, 0.15) is 0 Å². The van der Waals surface area contributed by atoms with E-state index in [0.29, 0.717) is 0 Å². The fraction of sp³-hybridized carbons (Fsp3) is 0.500. The smallest absolute Gasteiger partial charge is 0.0262 e. The first-order chi connectivity index (χ1) is 4.33. The first-order valence-corrected chi connectivity index (χ1v) is 3.45. The van der Waals surface area contributed by atoms with Crippen LogP contribution in [-0.2, 0) is 0 Å². The highest BCUT2D eigenvalue weighted by atomic mass is 14.6. The molecular formula is C8H13N. The predicted octanol–water partition coefficient (Wildman–Crippen LogP) is 1.61. The van der Waals surface area contributed by atoms with E-state index in [4.69, 9.17) is 5.73 Å². The third kappa shape index (κ3) is 1.68. The minimum atomic E-state index is 0.264. The lowest BCUT2D eigenvalue weighted by atomic mass is 10.0. The van der Waals surface area contributed by atoms with Crippen LogP contribution in [0.5, 0.6) is 0 Å². The minimum Gasteiger partial charge on any atom is -0.324 e. The van der Waals surface area contributed by atoms with Crippen molar-refractivity contribution < 1.29 is 0 Å². The molecule has 0 bridgehead atoms. The Morgan fingerprint density at radius 2 is 2.56 bits per heavy atom. The van der Waals surface area contributed by atoms with Crippen LogP contribution in [0.1, 0.15) is 19.8 Å². The Kier molecular flexibility index (Phi) is 2.06. The van der Waals surface area contributed by atoms with E-state index in [1.165, 1.54) is 5.57 Å². The summed E-state index contributed by atoms with van der Waals surface area (Å²) >= 11 is 0. The van der Waals surface area contributed by atoms with Crippen molar-refractivity contribution in [2.75, 3.05) is 0 Å². The number of hydrogen-bond donors (Lipinski definition) is 1. The molecular weight excluding hydrogens is 110 g/mol. The molecule has 9 heavy (non-hydrogen) atoms. The maximum atomic E-state index is 5.62. The maximum absolute atomic E-state index is 5.62. The van der Waals surface area contributed by atoms with Crippen LogP contribution in [0.3, 0.4) is 0 Å². The average Bonchev–Trinajstić information content (AvgIpc) is 1.90. The van der Waals surface area contributed by atoms with Crippen LogP contribution in [0.2, 0.25) is 0 Å². The number of hydrogen-bond acceptors (Lipinski definition) is 1. The van der Waals surface area contributed by atoms with E-state index >= 15 is 0 Å². The molecule has 1 rings (SSSR count). The van der Waals surface area contributed by atoms with Crippen LogP contribution < -0.4 is 5.73 Å². The van der Waals surface area contributed by atoms with Crippen LogP contribution in [0.15, 0.2) is 23.8 Å². The van der Waals surface area contributed by atoms with E-state index in [1.807, 2.05) is 0 Å². The molecule has 0 aliphatic heterocycles. The van der Waals surface area contributed by atoms with Crippen LogP contribution in [0, 0.1) is 0 Å². The summed E-state index contributed by atoms with van der Waals surface area (Å²) in [6.07, 6.45) is 8.54. The standard InChI is InChI=1S/C8H13N/c1-2-7-3-5-8(9)6-4-7/h3-5,8H,2,6,9H2,1H3. The van der Waals surface area contributed by atoms with Crippen LogP contribution in [0.25, 0.3) is 0 Å². The first kappa shape index (κ1) is 6.56. The van der Waals surface area contributed by atoms with E-state index in [-0.39, 0.29) is 6.04 Å². The summed E-state index contributed by atoms with van der Waals surface area (Å²) in [6, 6.07) is 0.264.